The molecule has 2 N–H and O–H groups in total. The van der Waals surface area contributed by atoms with E-state index < -0.39 is 23.5 Å². The molecular weight excluding hydrogens is 409 g/mol. The zero-order valence-electron chi connectivity index (χ0n) is 15.4. The van der Waals surface area contributed by atoms with Gasteiger partial charge in [0.05, 0.1) is 11.6 Å². The molecule has 3 aromatic rings. The van der Waals surface area contributed by atoms with E-state index in [1.807, 2.05) is 0 Å². The molecule has 1 unspecified atom stereocenters. The Kier molecular flexibility index (Phi) is 5.01. The highest BCUT2D eigenvalue weighted by Gasteiger charge is 2.47. The minimum Gasteiger partial charge on any atom is -0.508 e. The first-order valence-electron chi connectivity index (χ1n) is 8.98. The lowest BCUT2D eigenvalue weighted by Crippen LogP contribution is -2.29. The molecule has 150 valence electrons. The molecule has 0 radical (unpaired) electrons. The van der Waals surface area contributed by atoms with Crippen molar-refractivity contribution in [3.8, 4) is 5.75 Å². The van der Waals surface area contributed by atoms with E-state index in [2.05, 4.69) is 0 Å². The molecule has 5 nitrogen and oxygen atoms in total. The van der Waals surface area contributed by atoms with Crippen molar-refractivity contribution in [2.24, 2.45) is 0 Å². The third kappa shape index (κ3) is 3.42. The number of carbonyl (C=O) groups is 2. The van der Waals surface area contributed by atoms with Crippen LogP contribution in [0, 0.1) is 5.82 Å². The maximum atomic E-state index is 13.4. The molecule has 1 amide bonds. The van der Waals surface area contributed by atoms with Crippen molar-refractivity contribution in [2.75, 3.05) is 4.90 Å². The maximum Gasteiger partial charge on any atom is 0.300 e. The van der Waals surface area contributed by atoms with Crippen LogP contribution in [-0.2, 0) is 9.59 Å². The minimum atomic E-state index is -1.02. The Balaban J connectivity index is 1.95. The van der Waals surface area contributed by atoms with Crippen LogP contribution in [0.2, 0.25) is 5.02 Å². The summed E-state index contributed by atoms with van der Waals surface area (Å²) in [5.41, 5.74) is 0.856. The van der Waals surface area contributed by atoms with Gasteiger partial charge in [0.25, 0.3) is 11.7 Å². The second-order valence-corrected chi connectivity index (χ2v) is 7.18. The summed E-state index contributed by atoms with van der Waals surface area (Å²) in [5.74, 6) is -2.69. The Morgan fingerprint density at radius 2 is 1.63 bits per heavy atom. The van der Waals surface area contributed by atoms with Crippen LogP contribution in [0.5, 0.6) is 5.75 Å². The molecule has 0 spiro atoms. The summed E-state index contributed by atoms with van der Waals surface area (Å²) in [5, 5.41) is 21.3. The van der Waals surface area contributed by atoms with Gasteiger partial charge in [-0.3, -0.25) is 14.5 Å². The molecule has 1 aliphatic rings. The number of hydrogen-bond donors (Lipinski definition) is 2. The van der Waals surface area contributed by atoms with Crippen LogP contribution in [-0.4, -0.2) is 21.9 Å². The summed E-state index contributed by atoms with van der Waals surface area (Å²) in [4.78, 5) is 27.0. The average molecular weight is 424 g/mol. The smallest absolute Gasteiger partial charge is 0.300 e. The van der Waals surface area contributed by atoms with E-state index in [1.165, 1.54) is 53.4 Å². The van der Waals surface area contributed by atoms with E-state index in [4.69, 9.17) is 11.6 Å². The number of aromatic hydroxyl groups is 1. The van der Waals surface area contributed by atoms with E-state index in [0.717, 1.165) is 0 Å². The molecular formula is C23H15ClFNO4. The number of carbonyl (C=O) groups excluding carboxylic acids is 2. The Morgan fingerprint density at radius 3 is 2.27 bits per heavy atom. The number of aliphatic hydroxyl groups excluding tert-OH is 1. The molecule has 1 heterocycles. The van der Waals surface area contributed by atoms with Gasteiger partial charge in [-0.25, -0.2) is 4.39 Å². The summed E-state index contributed by atoms with van der Waals surface area (Å²) in [6.07, 6.45) is 0. The van der Waals surface area contributed by atoms with E-state index in [0.29, 0.717) is 16.1 Å². The van der Waals surface area contributed by atoms with Crippen LogP contribution < -0.4 is 4.90 Å². The normalized spacial score (nSPS) is 18.1. The summed E-state index contributed by atoms with van der Waals surface area (Å²) < 4.78 is 13.4. The Bertz CT molecular complexity index is 1170. The molecule has 1 aliphatic heterocycles. The van der Waals surface area contributed by atoms with Crippen molar-refractivity contribution in [1.82, 2.24) is 0 Å². The number of aliphatic hydroxyl groups is 1. The highest BCUT2D eigenvalue weighted by atomic mass is 35.5. The molecule has 3 aromatic carbocycles. The lowest BCUT2D eigenvalue weighted by atomic mass is 9.95. The molecule has 0 aliphatic carbocycles. The molecule has 1 saturated heterocycles. The molecule has 7 heteroatoms. The van der Waals surface area contributed by atoms with Gasteiger partial charge >= 0.3 is 0 Å². The van der Waals surface area contributed by atoms with Gasteiger partial charge in [0, 0.05) is 16.3 Å². The summed E-state index contributed by atoms with van der Waals surface area (Å²) in [7, 11) is 0. The van der Waals surface area contributed by atoms with Crippen molar-refractivity contribution in [3.63, 3.8) is 0 Å². The Labute approximate surface area is 176 Å². The molecule has 1 atom stereocenters. The van der Waals surface area contributed by atoms with E-state index >= 15 is 0 Å². The van der Waals surface area contributed by atoms with Gasteiger partial charge in [-0.1, -0.05) is 23.7 Å². The van der Waals surface area contributed by atoms with Gasteiger partial charge in [-0.2, -0.15) is 0 Å². The number of halogens is 2. The standard InChI is InChI=1S/C23H15ClFNO4/c24-15-6-4-13(5-7-15)21(28)19-20(14-2-1-3-18(27)12-14)26(23(30)22(19)29)17-10-8-16(25)9-11-17/h1-12,20,27-28H/b21-19-. The zero-order chi connectivity index (χ0) is 21.4. The average Bonchev–Trinajstić information content (AvgIpc) is 3.00. The zero-order valence-corrected chi connectivity index (χ0v) is 16.2. The largest absolute Gasteiger partial charge is 0.508 e. The van der Waals surface area contributed by atoms with Crippen LogP contribution in [0.1, 0.15) is 17.2 Å². The van der Waals surface area contributed by atoms with Crippen molar-refractivity contribution in [1.29, 1.82) is 0 Å². The molecule has 0 bridgehead atoms. The first-order chi connectivity index (χ1) is 14.4. The highest BCUT2D eigenvalue weighted by molar-refractivity contribution is 6.51. The summed E-state index contributed by atoms with van der Waals surface area (Å²) >= 11 is 5.90. The second-order valence-electron chi connectivity index (χ2n) is 6.75. The second kappa shape index (κ2) is 7.65. The molecule has 30 heavy (non-hydrogen) atoms. The molecule has 1 fully saturated rings. The maximum absolute atomic E-state index is 13.4. The number of phenolic OH excluding ortho intramolecular Hbond substituents is 1. The van der Waals surface area contributed by atoms with Crippen LogP contribution in [0.25, 0.3) is 5.76 Å². The number of rotatable bonds is 3. The first-order valence-corrected chi connectivity index (χ1v) is 9.36. The number of ketones is 1. The highest BCUT2D eigenvalue weighted by Crippen LogP contribution is 2.42. The Morgan fingerprint density at radius 1 is 0.967 bits per heavy atom. The Hall–Kier alpha value is -3.64. The van der Waals surface area contributed by atoms with Gasteiger partial charge in [-0.15, -0.1) is 0 Å². The topological polar surface area (TPSA) is 77.8 Å². The van der Waals surface area contributed by atoms with Crippen LogP contribution in [0.3, 0.4) is 0 Å². The van der Waals surface area contributed by atoms with Crippen molar-refractivity contribution < 1.29 is 24.2 Å². The van der Waals surface area contributed by atoms with Crippen molar-refractivity contribution >= 4 is 34.7 Å². The SMILES string of the molecule is O=C1C(=O)N(c2ccc(F)cc2)C(c2cccc(O)c2)/C1=C(/O)c1ccc(Cl)cc1. The monoisotopic (exact) mass is 423 g/mol. The fraction of sp³-hybridized carbons (Fsp3) is 0.0435. The van der Waals surface area contributed by atoms with Gasteiger partial charge < -0.3 is 10.2 Å². The van der Waals surface area contributed by atoms with E-state index in [9.17, 15) is 24.2 Å². The number of phenols is 1. The number of hydrogen-bond acceptors (Lipinski definition) is 4. The van der Waals surface area contributed by atoms with Crippen LogP contribution in [0.15, 0.2) is 78.4 Å². The fourth-order valence-electron chi connectivity index (χ4n) is 3.47. The molecule has 0 saturated carbocycles. The third-order valence-electron chi connectivity index (χ3n) is 4.85. The van der Waals surface area contributed by atoms with E-state index in [-0.39, 0.29) is 22.8 Å². The number of amides is 1. The van der Waals surface area contributed by atoms with Gasteiger partial charge in [0.15, 0.2) is 0 Å². The summed E-state index contributed by atoms with van der Waals surface area (Å²) in [6.45, 7) is 0. The number of anilines is 1. The van der Waals surface area contributed by atoms with E-state index in [1.54, 1.807) is 24.3 Å². The van der Waals surface area contributed by atoms with Gasteiger partial charge in [0.1, 0.15) is 17.3 Å². The number of nitrogens with zero attached hydrogens (tertiary/aromatic N) is 1. The summed E-state index contributed by atoms with van der Waals surface area (Å²) in [6, 6.07) is 16.3. The number of Topliss-reactive ketones (excluding diaryl/α,β-unsaturated/α-hetero) is 1. The predicted molar refractivity (Wildman–Crippen MR) is 111 cm³/mol. The lowest BCUT2D eigenvalue weighted by molar-refractivity contribution is -0.132. The molecule has 4 rings (SSSR count). The quantitative estimate of drug-likeness (QED) is 0.360. The minimum absolute atomic E-state index is 0.0660. The van der Waals surface area contributed by atoms with Crippen LogP contribution in [0.4, 0.5) is 10.1 Å². The predicted octanol–water partition coefficient (Wildman–Crippen LogP) is 4.81. The lowest BCUT2D eigenvalue weighted by Gasteiger charge is -2.25. The molecule has 0 aromatic heterocycles. The van der Waals surface area contributed by atoms with Crippen LogP contribution >= 0.6 is 11.6 Å². The van der Waals surface area contributed by atoms with Crippen molar-refractivity contribution in [2.45, 2.75) is 6.04 Å². The van der Waals surface area contributed by atoms with Gasteiger partial charge in [0.2, 0.25) is 0 Å². The number of benzene rings is 3. The van der Waals surface area contributed by atoms with Crippen molar-refractivity contribution in [3.05, 3.63) is 100 Å². The third-order valence-corrected chi connectivity index (χ3v) is 5.10. The fourth-order valence-corrected chi connectivity index (χ4v) is 3.60. The van der Waals surface area contributed by atoms with Gasteiger partial charge in [-0.05, 0) is 66.2 Å². The first kappa shape index (κ1) is 19.7.